The van der Waals surface area contributed by atoms with Crippen LogP contribution < -0.4 is 10.6 Å². The fourth-order valence-electron chi connectivity index (χ4n) is 3.10. The van der Waals surface area contributed by atoms with Gasteiger partial charge in [-0.1, -0.05) is 23.2 Å². The maximum absolute atomic E-state index is 12.7. The summed E-state index contributed by atoms with van der Waals surface area (Å²) in [7, 11) is 0. The molecule has 2 atom stereocenters. The molecule has 2 unspecified atom stereocenters. The van der Waals surface area contributed by atoms with Crippen molar-refractivity contribution in [2.45, 2.75) is 43.9 Å². The number of rotatable bonds is 7. The second-order valence-corrected chi connectivity index (χ2v) is 9.69. The maximum Gasteiger partial charge on any atom is 0.248 e. The van der Waals surface area contributed by atoms with Gasteiger partial charge >= 0.3 is 0 Å². The molecule has 0 radical (unpaired) electrons. The third kappa shape index (κ3) is 6.06. The SMILES string of the molecule is Cc1cc(C)n(C(C)C(=O)Nc2ccc(NC(=O)C(C)Sc3ccc(Cl)cc3)cc2Cl)n1. The van der Waals surface area contributed by atoms with Gasteiger partial charge in [-0.2, -0.15) is 5.10 Å². The quantitative estimate of drug-likeness (QED) is 0.390. The van der Waals surface area contributed by atoms with E-state index in [2.05, 4.69) is 15.7 Å². The molecular formula is C23H24Cl2N4O2S. The number of carbonyl (C=O) groups excluding carboxylic acids is 2. The van der Waals surface area contributed by atoms with Crippen molar-refractivity contribution in [3.8, 4) is 0 Å². The second kappa shape index (κ2) is 10.4. The van der Waals surface area contributed by atoms with Crippen molar-refractivity contribution in [3.63, 3.8) is 0 Å². The highest BCUT2D eigenvalue weighted by Crippen LogP contribution is 2.29. The summed E-state index contributed by atoms with van der Waals surface area (Å²) in [5, 5.41) is 10.7. The van der Waals surface area contributed by atoms with Crippen molar-refractivity contribution in [2.24, 2.45) is 0 Å². The average Bonchev–Trinajstić information content (AvgIpc) is 3.08. The molecule has 0 saturated heterocycles. The van der Waals surface area contributed by atoms with Gasteiger partial charge in [0.1, 0.15) is 6.04 Å². The summed E-state index contributed by atoms with van der Waals surface area (Å²) in [6.45, 7) is 7.38. The lowest BCUT2D eigenvalue weighted by Gasteiger charge is -2.16. The predicted molar refractivity (Wildman–Crippen MR) is 132 cm³/mol. The van der Waals surface area contributed by atoms with Crippen LogP contribution in [0.3, 0.4) is 0 Å². The van der Waals surface area contributed by atoms with Gasteiger partial charge in [0.2, 0.25) is 11.8 Å². The number of benzene rings is 2. The van der Waals surface area contributed by atoms with E-state index in [0.717, 1.165) is 16.3 Å². The lowest BCUT2D eigenvalue weighted by molar-refractivity contribution is -0.119. The highest BCUT2D eigenvalue weighted by atomic mass is 35.5. The van der Waals surface area contributed by atoms with Crippen molar-refractivity contribution in [1.29, 1.82) is 0 Å². The van der Waals surface area contributed by atoms with Crippen LogP contribution in [0.5, 0.6) is 0 Å². The molecule has 32 heavy (non-hydrogen) atoms. The minimum atomic E-state index is -0.495. The summed E-state index contributed by atoms with van der Waals surface area (Å²) < 4.78 is 1.67. The van der Waals surface area contributed by atoms with Crippen LogP contribution in [0, 0.1) is 13.8 Å². The first-order chi connectivity index (χ1) is 15.1. The Morgan fingerprint density at radius 1 is 0.969 bits per heavy atom. The number of aromatic nitrogens is 2. The molecule has 3 rings (SSSR count). The first-order valence-corrected chi connectivity index (χ1v) is 11.6. The normalized spacial score (nSPS) is 12.8. The molecule has 0 aliphatic carbocycles. The number of thioether (sulfide) groups is 1. The van der Waals surface area contributed by atoms with E-state index in [1.165, 1.54) is 11.8 Å². The summed E-state index contributed by atoms with van der Waals surface area (Å²) in [5.74, 6) is -0.390. The molecule has 2 N–H and O–H groups in total. The van der Waals surface area contributed by atoms with Crippen LogP contribution in [-0.2, 0) is 9.59 Å². The zero-order valence-corrected chi connectivity index (χ0v) is 20.5. The van der Waals surface area contributed by atoms with E-state index >= 15 is 0 Å². The van der Waals surface area contributed by atoms with Gasteiger partial charge < -0.3 is 10.6 Å². The van der Waals surface area contributed by atoms with Crippen LogP contribution in [-0.4, -0.2) is 26.8 Å². The monoisotopic (exact) mass is 490 g/mol. The van der Waals surface area contributed by atoms with E-state index in [9.17, 15) is 9.59 Å². The molecule has 1 heterocycles. The molecule has 1 aromatic heterocycles. The Kier molecular flexibility index (Phi) is 7.87. The van der Waals surface area contributed by atoms with Gasteiger partial charge in [0.25, 0.3) is 0 Å². The molecule has 0 fully saturated rings. The molecule has 9 heteroatoms. The fourth-order valence-corrected chi connectivity index (χ4v) is 4.32. The van der Waals surface area contributed by atoms with Crippen molar-refractivity contribution in [2.75, 3.05) is 10.6 Å². The molecule has 3 aromatic rings. The molecule has 0 aliphatic rings. The first-order valence-electron chi connectivity index (χ1n) is 10.0. The van der Waals surface area contributed by atoms with E-state index in [1.807, 2.05) is 39.0 Å². The largest absolute Gasteiger partial charge is 0.325 e. The number of hydrogen-bond acceptors (Lipinski definition) is 4. The molecule has 0 bridgehead atoms. The molecule has 0 saturated carbocycles. The van der Waals surface area contributed by atoms with Gasteiger partial charge in [-0.3, -0.25) is 14.3 Å². The Morgan fingerprint density at radius 3 is 2.25 bits per heavy atom. The second-order valence-electron chi connectivity index (χ2n) is 7.43. The Morgan fingerprint density at radius 2 is 1.66 bits per heavy atom. The van der Waals surface area contributed by atoms with Crippen LogP contribution in [0.4, 0.5) is 11.4 Å². The third-order valence-electron chi connectivity index (χ3n) is 4.78. The van der Waals surface area contributed by atoms with Crippen molar-refractivity contribution >= 4 is 58.2 Å². The maximum atomic E-state index is 12.7. The Hall–Kier alpha value is -2.48. The molecule has 0 aliphatic heterocycles. The summed E-state index contributed by atoms with van der Waals surface area (Å²) in [4.78, 5) is 26.2. The van der Waals surface area contributed by atoms with Crippen LogP contribution in [0.2, 0.25) is 10.0 Å². The number of halogens is 2. The molecular weight excluding hydrogens is 467 g/mol. The van der Waals surface area contributed by atoms with Crippen molar-refractivity contribution in [1.82, 2.24) is 9.78 Å². The first kappa shape index (κ1) is 24.2. The highest BCUT2D eigenvalue weighted by molar-refractivity contribution is 8.00. The number of nitrogens with zero attached hydrogens (tertiary/aromatic N) is 2. The highest BCUT2D eigenvalue weighted by Gasteiger charge is 2.20. The standard InChI is InChI=1S/C23H24Cl2N4O2S/c1-13-11-14(2)29(28-13)15(3)22(30)27-21-10-7-18(12-20(21)25)26-23(31)16(4)32-19-8-5-17(24)6-9-19/h5-12,15-16H,1-4H3,(H,26,31)(H,27,30). The molecule has 2 aromatic carbocycles. The summed E-state index contributed by atoms with van der Waals surface area (Å²) in [6, 6.07) is 13.7. The number of nitrogens with one attached hydrogen (secondary N) is 2. The van der Waals surface area contributed by atoms with Crippen molar-refractivity contribution < 1.29 is 9.59 Å². The average molecular weight is 491 g/mol. The van der Waals surface area contributed by atoms with E-state index in [1.54, 1.807) is 41.9 Å². The Balaban J connectivity index is 1.61. The van der Waals surface area contributed by atoms with Crippen LogP contribution >= 0.6 is 35.0 Å². The number of carbonyl (C=O) groups is 2. The summed E-state index contributed by atoms with van der Waals surface area (Å²) >= 11 is 13.7. The smallest absolute Gasteiger partial charge is 0.248 e. The van der Waals surface area contributed by atoms with E-state index in [0.29, 0.717) is 21.4 Å². The van der Waals surface area contributed by atoms with Crippen LogP contribution in [0.15, 0.2) is 53.4 Å². The topological polar surface area (TPSA) is 76.0 Å². The Bertz CT molecular complexity index is 1130. The number of hydrogen-bond donors (Lipinski definition) is 2. The predicted octanol–water partition coefficient (Wildman–Crippen LogP) is 6.13. The number of aryl methyl sites for hydroxylation is 2. The zero-order valence-electron chi connectivity index (χ0n) is 18.1. The zero-order chi connectivity index (χ0) is 23.4. The van der Waals surface area contributed by atoms with Gasteiger partial charge in [-0.25, -0.2) is 0 Å². The third-order valence-corrected chi connectivity index (χ3v) is 6.46. The van der Waals surface area contributed by atoms with Gasteiger partial charge in [0, 0.05) is 21.3 Å². The lowest BCUT2D eigenvalue weighted by atomic mass is 10.2. The van der Waals surface area contributed by atoms with Gasteiger partial charge in [-0.15, -0.1) is 11.8 Å². The fraction of sp³-hybridized carbons (Fsp3) is 0.261. The van der Waals surface area contributed by atoms with Crippen LogP contribution in [0.25, 0.3) is 0 Å². The van der Waals surface area contributed by atoms with E-state index in [4.69, 9.17) is 23.2 Å². The Labute approximate surface area is 201 Å². The van der Waals surface area contributed by atoms with E-state index < -0.39 is 6.04 Å². The van der Waals surface area contributed by atoms with E-state index in [-0.39, 0.29) is 17.1 Å². The summed E-state index contributed by atoms with van der Waals surface area (Å²) in [5.41, 5.74) is 2.77. The minimum Gasteiger partial charge on any atom is -0.325 e. The molecule has 0 spiro atoms. The van der Waals surface area contributed by atoms with Crippen LogP contribution in [0.1, 0.15) is 31.3 Å². The molecule has 2 amide bonds. The minimum absolute atomic E-state index is 0.157. The van der Waals surface area contributed by atoms with Gasteiger partial charge in [0.05, 0.1) is 21.7 Å². The molecule has 6 nitrogen and oxygen atoms in total. The van der Waals surface area contributed by atoms with Gasteiger partial charge in [0.15, 0.2) is 0 Å². The summed E-state index contributed by atoms with van der Waals surface area (Å²) in [6.07, 6.45) is 0. The number of amides is 2. The van der Waals surface area contributed by atoms with Crippen molar-refractivity contribution in [3.05, 3.63) is 70.0 Å². The van der Waals surface area contributed by atoms with Gasteiger partial charge in [-0.05, 0) is 76.2 Å². The number of anilines is 2. The lowest BCUT2D eigenvalue weighted by Crippen LogP contribution is -2.25. The molecule has 168 valence electrons.